The van der Waals surface area contributed by atoms with Crippen molar-refractivity contribution in [2.75, 3.05) is 0 Å². The van der Waals surface area contributed by atoms with Crippen LogP contribution in [-0.4, -0.2) is 0 Å². The third-order valence-electron chi connectivity index (χ3n) is 5.07. The maximum Gasteiger partial charge on any atom is 2.00 e. The van der Waals surface area contributed by atoms with E-state index in [0.29, 0.717) is 0 Å². The van der Waals surface area contributed by atoms with Crippen molar-refractivity contribution in [2.45, 2.75) is 0 Å². The Balaban J connectivity index is 0. The third kappa shape index (κ3) is 68.7. The molecule has 0 aliphatic heterocycles. The van der Waals surface area contributed by atoms with Gasteiger partial charge in [0.1, 0.15) is 0 Å². The van der Waals surface area contributed by atoms with Crippen LogP contribution in [0, 0.1) is 529 Å². The van der Waals surface area contributed by atoms with E-state index < -0.39 is 0 Å². The molecule has 0 fully saturated rings. The molecular formula is C84HU+. The monoisotopic (exact) mass is 1250 g/mol. The first-order valence-electron chi connectivity index (χ1n) is 20.8. The fraction of sp³-hybridized carbons (Fsp3) is 0. The van der Waals surface area contributed by atoms with Crippen molar-refractivity contribution in [1.29, 1.82) is 0 Å². The van der Waals surface area contributed by atoms with E-state index in [9.17, 15) is 0 Å². The average molecular weight is 1250 g/mol. The van der Waals surface area contributed by atoms with Crippen molar-refractivity contribution in [3.05, 3.63) is 6.42 Å². The minimum atomic E-state index is 0. The quantitative estimate of drug-likeness (QED) is 0.243. The molecule has 340 valence electrons. The van der Waals surface area contributed by atoms with Gasteiger partial charge in [-0.25, -0.2) is 5.92 Å². The molecule has 0 rings (SSSR count). The Bertz CT molecular complexity index is 5400. The minimum Gasteiger partial charge on any atom is -0.358 e. The van der Waals surface area contributed by atoms with Crippen LogP contribution < -0.4 is 0 Å². The first-order valence-corrected chi connectivity index (χ1v) is 20.8. The Labute approximate surface area is 525 Å². The summed E-state index contributed by atoms with van der Waals surface area (Å²) in [6.45, 7) is 0. The van der Waals surface area contributed by atoms with E-state index in [1.807, 2.05) is 5.92 Å². The summed E-state index contributed by atoms with van der Waals surface area (Å²) < 4.78 is 0. The normalized spacial score (nSPS) is 3.88. The van der Waals surface area contributed by atoms with Gasteiger partial charge in [0, 0.05) is 373 Å². The van der Waals surface area contributed by atoms with Gasteiger partial charge in [-0.1, -0.05) is 0 Å². The molecule has 0 spiro atoms. The Kier molecular flexibility index (Phi) is 56.3. The number of hydrogen-bond donors (Lipinski definition) is 0. The molecular weight excluding hydrogens is 1250 g/mol. The van der Waals surface area contributed by atoms with E-state index in [4.69, 9.17) is 12.8 Å². The minimum absolute atomic E-state index is 0. The summed E-state index contributed by atoms with van der Waals surface area (Å²) in [6.07, 6.45) is 11.5. The first kappa shape index (κ1) is 69.6. The second-order valence-corrected chi connectivity index (χ2v) is 10.3. The zero-order chi connectivity index (χ0) is 60.0. The second-order valence-electron chi connectivity index (χ2n) is 10.3. The molecule has 0 amide bonds. The van der Waals surface area contributed by atoms with Crippen LogP contribution in [0.1, 0.15) is 0 Å². The summed E-state index contributed by atoms with van der Waals surface area (Å²) in [6, 6.07) is 0. The first-order chi connectivity index (χ1) is 41.9. The molecule has 0 radical (unpaired) electrons. The maximum atomic E-state index is 6.58. The van der Waals surface area contributed by atoms with Gasteiger partial charge in [-0.05, 0) is 94.7 Å². The molecule has 0 N–H and O–H groups in total. The largest absolute Gasteiger partial charge is 2.00 e. The molecule has 0 atom stereocenters. The summed E-state index contributed by atoms with van der Waals surface area (Å²) in [7, 11) is 0. The summed E-state index contributed by atoms with van der Waals surface area (Å²) in [5.74, 6) is 202. The molecule has 0 heterocycles. The fourth-order valence-electron chi connectivity index (χ4n) is 2.50. The molecule has 0 aromatic rings. The molecule has 0 aromatic carbocycles. The van der Waals surface area contributed by atoms with E-state index in [-0.39, 0.29) is 31.1 Å². The molecule has 0 saturated carbocycles. The zero-order valence-electron chi connectivity index (χ0n) is 42.6. The maximum absolute atomic E-state index is 6.58. The van der Waals surface area contributed by atoms with Gasteiger partial charge in [-0.2, -0.15) is 0 Å². The van der Waals surface area contributed by atoms with Crippen LogP contribution in [0.25, 0.3) is 0 Å². The molecule has 0 aliphatic carbocycles. The Morgan fingerprint density at radius 2 is 0.165 bits per heavy atom. The number of rotatable bonds is 0. The Hall–Kier alpha value is -17.4. The zero-order valence-corrected chi connectivity index (χ0v) is 46.7. The molecule has 1 heteroatoms. The predicted octanol–water partition coefficient (Wildman–Crippen LogP) is 0.345. The molecule has 0 aromatic heterocycles. The molecule has 0 bridgehead atoms. The van der Waals surface area contributed by atoms with Crippen LogP contribution >= 0.6 is 0 Å². The van der Waals surface area contributed by atoms with Crippen molar-refractivity contribution < 1.29 is 31.1 Å². The van der Waals surface area contributed by atoms with Gasteiger partial charge in [0.15, 0.2) is 0 Å². The summed E-state index contributed by atoms with van der Waals surface area (Å²) in [4.78, 5) is 0. The Morgan fingerprint density at radius 3 is 0.224 bits per heavy atom. The van der Waals surface area contributed by atoms with E-state index >= 15 is 0 Å². The van der Waals surface area contributed by atoms with Crippen molar-refractivity contribution in [1.82, 2.24) is 0 Å². The van der Waals surface area contributed by atoms with Crippen molar-refractivity contribution in [2.24, 2.45) is 0 Å². The van der Waals surface area contributed by atoms with Crippen molar-refractivity contribution in [3.8, 4) is 492 Å². The molecule has 0 saturated heterocycles. The summed E-state index contributed by atoms with van der Waals surface area (Å²) in [5, 5.41) is 0. The topological polar surface area (TPSA) is 0 Å². The predicted molar refractivity (Wildman–Crippen MR) is 327 cm³/mol. The van der Waals surface area contributed by atoms with Crippen LogP contribution in [-0.2, 0) is 0 Å². The van der Waals surface area contributed by atoms with Crippen LogP contribution in [0.2, 0.25) is 0 Å². The third-order valence-corrected chi connectivity index (χ3v) is 5.07. The van der Waals surface area contributed by atoms with Gasteiger partial charge in [-0.3, -0.25) is 5.92 Å². The van der Waals surface area contributed by atoms with Crippen molar-refractivity contribution in [3.63, 3.8) is 0 Å². The van der Waals surface area contributed by atoms with E-state index in [2.05, 4.69) is 480 Å². The Morgan fingerprint density at radius 1 is 0.106 bits per heavy atom. The molecule has 0 unspecified atom stereocenters. The van der Waals surface area contributed by atoms with E-state index in [1.165, 1.54) is 0 Å². The van der Waals surface area contributed by atoms with Gasteiger partial charge >= 0.3 is 31.1 Å². The fourth-order valence-corrected chi connectivity index (χ4v) is 2.50. The SMILES string of the molecule is [C-]#CC#CC#CC#CC#CC#CC#CC#CC#CC#CC#CC#CC#CC#CC#CC#CC#CC#CC#CC#CC#CC#CC#CC#CC#CC#CC#CC#CC#CC#CC#CC#CC#CC#CC#CC#CC#CC#CC#CC#CC#CC#C.[U+2]. The van der Waals surface area contributed by atoms with Gasteiger partial charge in [0.25, 0.3) is 0 Å². The van der Waals surface area contributed by atoms with Crippen LogP contribution in [0.5, 0.6) is 0 Å². The van der Waals surface area contributed by atoms with Gasteiger partial charge in [0.05, 0.1) is 0 Å². The standard InChI is InChI=1S/C84H.U/c1-3-5-7-9-11-13-15-17-19-21-23-25-27-29-31-33-35-37-39-41-43-45-47-49-51-53-55-57-59-61-63-65-67-69-71-73-75-77-79-81-83-84-82-80-78-76-74-72-70-68-66-64-62-60-58-56-54-52-50-48-46-44-42-40-38-36-34-32-30-28-26-24-22-20-18-16-14-12-10-8-6-4-2;/h1H;/q-1;+2. The number of hydrogen-bond acceptors (Lipinski definition) is 0. The van der Waals surface area contributed by atoms with Crippen molar-refractivity contribution >= 4 is 0 Å². The van der Waals surface area contributed by atoms with Gasteiger partial charge < -0.3 is 6.42 Å². The van der Waals surface area contributed by atoms with E-state index in [1.54, 1.807) is 0 Å². The molecule has 85 heavy (non-hydrogen) atoms. The van der Waals surface area contributed by atoms with Gasteiger partial charge in [0.2, 0.25) is 0 Å². The second kappa shape index (κ2) is 68.6. The van der Waals surface area contributed by atoms with Gasteiger partial charge in [-0.15, -0.1) is 12.3 Å². The summed E-state index contributed by atoms with van der Waals surface area (Å²) >= 11 is 0. The van der Waals surface area contributed by atoms with Crippen LogP contribution in [0.4, 0.5) is 0 Å². The average Bonchev–Trinajstić information content (AvgIpc) is 3.50. The molecule has 0 aliphatic rings. The van der Waals surface area contributed by atoms with E-state index in [0.717, 1.165) is 0 Å². The number of terminal acetylenes is 1. The van der Waals surface area contributed by atoms with Crippen LogP contribution in [0.3, 0.4) is 0 Å². The summed E-state index contributed by atoms with van der Waals surface area (Å²) in [5.41, 5.74) is 0. The smallest absolute Gasteiger partial charge is 0.358 e. The van der Waals surface area contributed by atoms with Crippen LogP contribution in [0.15, 0.2) is 0 Å². The molecule has 0 nitrogen and oxygen atoms in total.